The number of ether oxygens (including phenoxy) is 1. The summed E-state index contributed by atoms with van der Waals surface area (Å²) in [5, 5.41) is 0.644. The predicted molar refractivity (Wildman–Crippen MR) is 103 cm³/mol. The molecule has 0 radical (unpaired) electrons. The molecular weight excluding hydrogens is 346 g/mol. The standard InChI is InChI=1S/C21H16ClN3O/c22-17-8-9-21(26-14-16-5-2-1-3-6-16)19(11-17)20-13-24-15-25(20)18-7-4-10-23-12-18/h1-13,15H,14H2. The molecule has 26 heavy (non-hydrogen) atoms. The van der Waals surface area contributed by atoms with Gasteiger partial charge < -0.3 is 4.74 Å². The minimum atomic E-state index is 0.483. The molecule has 0 aliphatic rings. The van der Waals surface area contributed by atoms with Crippen LogP contribution in [0.4, 0.5) is 0 Å². The Kier molecular flexibility index (Phi) is 4.67. The van der Waals surface area contributed by atoms with Crippen molar-refractivity contribution >= 4 is 11.6 Å². The first kappa shape index (κ1) is 16.4. The van der Waals surface area contributed by atoms with E-state index in [1.54, 1.807) is 24.9 Å². The number of hydrogen-bond donors (Lipinski definition) is 0. The number of aromatic nitrogens is 3. The first-order valence-electron chi connectivity index (χ1n) is 8.20. The van der Waals surface area contributed by atoms with Crippen LogP contribution in [-0.2, 0) is 6.61 Å². The van der Waals surface area contributed by atoms with E-state index >= 15 is 0 Å². The van der Waals surface area contributed by atoms with Gasteiger partial charge in [-0.25, -0.2) is 4.98 Å². The van der Waals surface area contributed by atoms with Crippen LogP contribution in [0.25, 0.3) is 16.9 Å². The minimum Gasteiger partial charge on any atom is -0.488 e. The maximum absolute atomic E-state index is 6.25. The molecule has 0 saturated heterocycles. The highest BCUT2D eigenvalue weighted by Crippen LogP contribution is 2.34. The van der Waals surface area contributed by atoms with Crippen LogP contribution in [0.15, 0.2) is 85.6 Å². The highest BCUT2D eigenvalue weighted by atomic mass is 35.5. The van der Waals surface area contributed by atoms with E-state index in [4.69, 9.17) is 16.3 Å². The summed E-state index contributed by atoms with van der Waals surface area (Å²) >= 11 is 6.25. The summed E-state index contributed by atoms with van der Waals surface area (Å²) in [4.78, 5) is 8.49. The van der Waals surface area contributed by atoms with Crippen LogP contribution in [0.2, 0.25) is 5.02 Å². The Hall–Kier alpha value is -3.11. The summed E-state index contributed by atoms with van der Waals surface area (Å²) in [6.45, 7) is 0.483. The molecule has 0 unspecified atom stereocenters. The molecule has 0 spiro atoms. The van der Waals surface area contributed by atoms with Crippen LogP contribution in [0.3, 0.4) is 0 Å². The molecule has 0 aliphatic heterocycles. The Morgan fingerprint density at radius 2 is 1.81 bits per heavy atom. The van der Waals surface area contributed by atoms with Crippen molar-refractivity contribution < 1.29 is 4.74 Å². The van der Waals surface area contributed by atoms with E-state index < -0.39 is 0 Å². The normalized spacial score (nSPS) is 10.7. The Morgan fingerprint density at radius 1 is 0.923 bits per heavy atom. The summed E-state index contributed by atoms with van der Waals surface area (Å²) < 4.78 is 8.04. The fourth-order valence-corrected chi connectivity index (χ4v) is 2.93. The largest absolute Gasteiger partial charge is 0.488 e. The molecule has 0 saturated carbocycles. The lowest BCUT2D eigenvalue weighted by atomic mass is 10.1. The SMILES string of the molecule is Clc1ccc(OCc2ccccc2)c(-c2cncn2-c2cccnc2)c1. The van der Waals surface area contributed by atoms with Crippen LogP contribution in [0.5, 0.6) is 5.75 Å². The van der Waals surface area contributed by atoms with E-state index in [9.17, 15) is 0 Å². The molecule has 0 N–H and O–H groups in total. The zero-order valence-corrected chi connectivity index (χ0v) is 14.7. The molecule has 2 heterocycles. The predicted octanol–water partition coefficient (Wildman–Crippen LogP) is 5.17. The molecular formula is C21H16ClN3O. The van der Waals surface area contributed by atoms with Gasteiger partial charge in [0.15, 0.2) is 0 Å². The number of nitrogens with zero attached hydrogens (tertiary/aromatic N) is 3. The summed E-state index contributed by atoms with van der Waals surface area (Å²) in [6, 6.07) is 19.5. The Morgan fingerprint density at radius 3 is 2.62 bits per heavy atom. The van der Waals surface area contributed by atoms with Gasteiger partial charge in [0, 0.05) is 16.8 Å². The zero-order valence-electron chi connectivity index (χ0n) is 13.9. The molecule has 0 atom stereocenters. The molecule has 2 aromatic heterocycles. The Labute approximate surface area is 156 Å². The number of benzene rings is 2. The molecule has 0 aliphatic carbocycles. The first-order valence-corrected chi connectivity index (χ1v) is 8.58. The van der Waals surface area contributed by atoms with Crippen molar-refractivity contribution in [3.05, 3.63) is 96.2 Å². The second-order valence-electron chi connectivity index (χ2n) is 5.77. The van der Waals surface area contributed by atoms with E-state index in [1.165, 1.54) is 0 Å². The van der Waals surface area contributed by atoms with Crippen molar-refractivity contribution in [3.8, 4) is 22.7 Å². The van der Waals surface area contributed by atoms with Gasteiger partial charge in [-0.3, -0.25) is 9.55 Å². The summed E-state index contributed by atoms with van der Waals surface area (Å²) in [6.07, 6.45) is 7.09. The first-order chi connectivity index (χ1) is 12.8. The Bertz CT molecular complexity index is 1000. The maximum atomic E-state index is 6.25. The summed E-state index contributed by atoms with van der Waals surface area (Å²) in [7, 11) is 0. The minimum absolute atomic E-state index is 0.483. The molecule has 4 aromatic rings. The van der Waals surface area contributed by atoms with Crippen molar-refractivity contribution in [3.63, 3.8) is 0 Å². The van der Waals surface area contributed by atoms with Crippen LogP contribution < -0.4 is 4.74 Å². The number of rotatable bonds is 5. The maximum Gasteiger partial charge on any atom is 0.129 e. The van der Waals surface area contributed by atoms with Gasteiger partial charge in [0.2, 0.25) is 0 Å². The van der Waals surface area contributed by atoms with E-state index in [2.05, 4.69) is 9.97 Å². The summed E-state index contributed by atoms with van der Waals surface area (Å²) in [5.74, 6) is 0.754. The lowest BCUT2D eigenvalue weighted by Gasteiger charge is -2.14. The van der Waals surface area contributed by atoms with Gasteiger partial charge in [-0.1, -0.05) is 41.9 Å². The van der Waals surface area contributed by atoms with Crippen LogP contribution in [-0.4, -0.2) is 14.5 Å². The third-order valence-electron chi connectivity index (χ3n) is 4.02. The molecule has 0 bridgehead atoms. The third kappa shape index (κ3) is 3.46. The average molecular weight is 362 g/mol. The van der Waals surface area contributed by atoms with Crippen LogP contribution >= 0.6 is 11.6 Å². The molecule has 0 amide bonds. The van der Waals surface area contributed by atoms with Gasteiger partial charge in [0.1, 0.15) is 12.4 Å². The quantitative estimate of drug-likeness (QED) is 0.492. The second kappa shape index (κ2) is 7.42. The smallest absolute Gasteiger partial charge is 0.129 e. The lowest BCUT2D eigenvalue weighted by molar-refractivity contribution is 0.307. The van der Waals surface area contributed by atoms with Crippen molar-refractivity contribution in [1.29, 1.82) is 0 Å². The monoisotopic (exact) mass is 361 g/mol. The number of hydrogen-bond acceptors (Lipinski definition) is 3. The number of imidazole rings is 1. The molecule has 4 rings (SSSR count). The van der Waals surface area contributed by atoms with Gasteiger partial charge >= 0.3 is 0 Å². The van der Waals surface area contributed by atoms with Gasteiger partial charge in [-0.2, -0.15) is 0 Å². The lowest BCUT2D eigenvalue weighted by Crippen LogP contribution is -2.00. The van der Waals surface area contributed by atoms with E-state index in [-0.39, 0.29) is 0 Å². The van der Waals surface area contributed by atoms with Crippen molar-refractivity contribution in [2.45, 2.75) is 6.61 Å². The van der Waals surface area contributed by atoms with Gasteiger partial charge in [-0.05, 0) is 35.9 Å². The molecule has 2 aromatic carbocycles. The van der Waals surface area contributed by atoms with Crippen molar-refractivity contribution in [1.82, 2.24) is 14.5 Å². The average Bonchev–Trinajstić information content (AvgIpc) is 3.18. The topological polar surface area (TPSA) is 39.9 Å². The third-order valence-corrected chi connectivity index (χ3v) is 4.25. The van der Waals surface area contributed by atoms with Crippen LogP contribution in [0, 0.1) is 0 Å². The van der Waals surface area contributed by atoms with E-state index in [0.29, 0.717) is 11.6 Å². The Balaban J connectivity index is 1.71. The molecule has 5 heteroatoms. The zero-order chi connectivity index (χ0) is 17.8. The van der Waals surface area contributed by atoms with Crippen molar-refractivity contribution in [2.75, 3.05) is 0 Å². The van der Waals surface area contributed by atoms with Gasteiger partial charge in [0.25, 0.3) is 0 Å². The van der Waals surface area contributed by atoms with Gasteiger partial charge in [-0.15, -0.1) is 0 Å². The second-order valence-corrected chi connectivity index (χ2v) is 6.21. The fraction of sp³-hybridized carbons (Fsp3) is 0.0476. The number of halogens is 1. The molecule has 0 fully saturated rings. The highest BCUT2D eigenvalue weighted by Gasteiger charge is 2.13. The van der Waals surface area contributed by atoms with Crippen LogP contribution in [0.1, 0.15) is 5.56 Å². The van der Waals surface area contributed by atoms with Crippen molar-refractivity contribution in [2.24, 2.45) is 0 Å². The molecule has 128 valence electrons. The fourth-order valence-electron chi connectivity index (χ4n) is 2.76. The molecule has 4 nitrogen and oxygen atoms in total. The summed E-state index contributed by atoms with van der Waals surface area (Å²) in [5.41, 5.74) is 3.81. The van der Waals surface area contributed by atoms with E-state index in [0.717, 1.165) is 28.3 Å². The van der Waals surface area contributed by atoms with E-state index in [1.807, 2.05) is 65.2 Å². The van der Waals surface area contributed by atoms with Gasteiger partial charge in [0.05, 0.1) is 30.1 Å². The number of pyridine rings is 1. The highest BCUT2D eigenvalue weighted by molar-refractivity contribution is 6.31.